The Hall–Kier alpha value is -3.24. The van der Waals surface area contributed by atoms with Crippen molar-refractivity contribution in [2.45, 2.75) is 24.8 Å². The van der Waals surface area contributed by atoms with Crippen molar-refractivity contribution < 1.29 is 27.4 Å². The number of amides is 1. The molecule has 0 heterocycles. The van der Waals surface area contributed by atoms with Crippen molar-refractivity contribution in [2.24, 2.45) is 0 Å². The van der Waals surface area contributed by atoms with E-state index in [0.717, 1.165) is 9.87 Å². The summed E-state index contributed by atoms with van der Waals surface area (Å²) in [5, 5.41) is 2.88. The third kappa shape index (κ3) is 6.11. The van der Waals surface area contributed by atoms with Gasteiger partial charge in [0.2, 0.25) is 5.91 Å². The first-order chi connectivity index (χ1) is 17.1. The van der Waals surface area contributed by atoms with E-state index in [1.165, 1.54) is 19.2 Å². The Bertz CT molecular complexity index is 1330. The van der Waals surface area contributed by atoms with Gasteiger partial charge in [0.15, 0.2) is 0 Å². The van der Waals surface area contributed by atoms with Crippen LogP contribution in [0.25, 0.3) is 0 Å². The molecule has 10 heteroatoms. The molecular weight excluding hydrogens is 548 g/mol. The smallest absolute Gasteiger partial charge is 0.264 e. The first kappa shape index (κ1) is 27.3. The van der Waals surface area contributed by atoms with Gasteiger partial charge in [0.25, 0.3) is 10.0 Å². The second-order valence-electron chi connectivity index (χ2n) is 8.04. The molecule has 0 aliphatic carbocycles. The predicted octanol–water partition coefficient (Wildman–Crippen LogP) is 4.86. The van der Waals surface area contributed by atoms with E-state index in [4.69, 9.17) is 14.2 Å². The number of sulfonamides is 1. The van der Waals surface area contributed by atoms with Crippen LogP contribution < -0.4 is 23.8 Å². The van der Waals surface area contributed by atoms with Gasteiger partial charge in [0.1, 0.15) is 23.8 Å². The normalized spacial score (nSPS) is 11.9. The van der Waals surface area contributed by atoms with Crippen molar-refractivity contribution in [3.63, 3.8) is 0 Å². The Kier molecular flexibility index (Phi) is 8.86. The van der Waals surface area contributed by atoms with Crippen LogP contribution in [0.5, 0.6) is 17.2 Å². The maximum atomic E-state index is 13.7. The maximum absolute atomic E-state index is 13.7. The first-order valence-electron chi connectivity index (χ1n) is 11.0. The lowest BCUT2D eigenvalue weighted by Gasteiger charge is -2.26. The van der Waals surface area contributed by atoms with Gasteiger partial charge >= 0.3 is 0 Å². The molecule has 1 atom stereocenters. The largest absolute Gasteiger partial charge is 0.497 e. The predicted molar refractivity (Wildman–Crippen MR) is 143 cm³/mol. The number of rotatable bonds is 10. The lowest BCUT2D eigenvalue weighted by molar-refractivity contribution is -0.120. The molecule has 1 N–H and O–H groups in total. The average molecular weight is 577 g/mol. The summed E-state index contributed by atoms with van der Waals surface area (Å²) in [5.41, 5.74) is 2.04. The lowest BCUT2D eigenvalue weighted by atomic mass is 10.1. The topological polar surface area (TPSA) is 94.2 Å². The highest BCUT2D eigenvalue weighted by Gasteiger charge is 2.29. The summed E-state index contributed by atoms with van der Waals surface area (Å²) in [4.78, 5) is 13.2. The third-order valence-electron chi connectivity index (χ3n) is 5.60. The van der Waals surface area contributed by atoms with E-state index in [2.05, 4.69) is 21.2 Å². The number of anilines is 1. The van der Waals surface area contributed by atoms with Gasteiger partial charge in [-0.15, -0.1) is 0 Å². The molecule has 0 unspecified atom stereocenters. The number of halogens is 1. The van der Waals surface area contributed by atoms with E-state index < -0.39 is 28.5 Å². The van der Waals surface area contributed by atoms with Crippen LogP contribution in [-0.2, 0) is 14.8 Å². The number of benzene rings is 3. The minimum atomic E-state index is -4.09. The second kappa shape index (κ2) is 11.7. The fraction of sp³-hybridized carbons (Fsp3) is 0.269. The summed E-state index contributed by atoms with van der Waals surface area (Å²) in [6.07, 6.45) is 0. The molecule has 8 nitrogen and oxygen atoms in total. The van der Waals surface area contributed by atoms with Gasteiger partial charge in [0.05, 0.1) is 42.4 Å². The van der Waals surface area contributed by atoms with Crippen molar-refractivity contribution in [1.82, 2.24) is 5.32 Å². The van der Waals surface area contributed by atoms with E-state index in [0.29, 0.717) is 33.0 Å². The summed E-state index contributed by atoms with van der Waals surface area (Å²) < 4.78 is 44.9. The Morgan fingerprint density at radius 1 is 0.944 bits per heavy atom. The molecule has 0 aliphatic heterocycles. The van der Waals surface area contributed by atoms with Crippen LogP contribution in [0.4, 0.5) is 5.69 Å². The number of aryl methyl sites for hydroxylation is 1. The molecule has 3 rings (SSSR count). The van der Waals surface area contributed by atoms with Gasteiger partial charge in [-0.1, -0.05) is 17.7 Å². The zero-order valence-corrected chi connectivity index (χ0v) is 23.1. The van der Waals surface area contributed by atoms with Crippen LogP contribution in [0, 0.1) is 6.92 Å². The molecule has 3 aromatic rings. The average Bonchev–Trinajstić information content (AvgIpc) is 2.87. The number of nitrogens with zero attached hydrogens (tertiary/aromatic N) is 1. The fourth-order valence-electron chi connectivity index (χ4n) is 3.63. The number of hydrogen-bond acceptors (Lipinski definition) is 6. The molecule has 36 heavy (non-hydrogen) atoms. The molecule has 0 aromatic heterocycles. The van der Waals surface area contributed by atoms with Crippen LogP contribution in [0.2, 0.25) is 0 Å². The minimum Gasteiger partial charge on any atom is -0.497 e. The van der Waals surface area contributed by atoms with Gasteiger partial charge in [-0.25, -0.2) is 8.42 Å². The maximum Gasteiger partial charge on any atom is 0.264 e. The lowest BCUT2D eigenvalue weighted by Crippen LogP contribution is -2.41. The summed E-state index contributed by atoms with van der Waals surface area (Å²) >= 11 is 3.34. The molecule has 0 radical (unpaired) electrons. The fourth-order valence-corrected chi connectivity index (χ4v) is 5.77. The minimum absolute atomic E-state index is 0.0195. The van der Waals surface area contributed by atoms with Crippen molar-refractivity contribution in [3.05, 3.63) is 76.3 Å². The molecule has 0 fully saturated rings. The molecule has 3 aromatic carbocycles. The highest BCUT2D eigenvalue weighted by molar-refractivity contribution is 9.10. The Morgan fingerprint density at radius 2 is 1.58 bits per heavy atom. The molecular formula is C26H29BrN2O6S. The summed E-state index contributed by atoms with van der Waals surface area (Å²) in [6.45, 7) is 3.27. The summed E-state index contributed by atoms with van der Waals surface area (Å²) in [5.74, 6) is 1.20. The number of methoxy groups -OCH3 is 3. The first-order valence-corrected chi connectivity index (χ1v) is 13.3. The van der Waals surface area contributed by atoms with Crippen molar-refractivity contribution >= 4 is 37.5 Å². The van der Waals surface area contributed by atoms with Gasteiger partial charge in [0, 0.05) is 5.56 Å². The van der Waals surface area contributed by atoms with Gasteiger partial charge < -0.3 is 19.5 Å². The Labute approximate surface area is 220 Å². The van der Waals surface area contributed by atoms with Gasteiger partial charge in [-0.2, -0.15) is 0 Å². The van der Waals surface area contributed by atoms with Crippen molar-refractivity contribution in [2.75, 3.05) is 32.2 Å². The van der Waals surface area contributed by atoms with E-state index >= 15 is 0 Å². The van der Waals surface area contributed by atoms with Gasteiger partial charge in [-0.05, 0) is 78.3 Å². The van der Waals surface area contributed by atoms with E-state index in [1.54, 1.807) is 69.7 Å². The van der Waals surface area contributed by atoms with E-state index in [1.807, 2.05) is 6.92 Å². The van der Waals surface area contributed by atoms with Crippen LogP contribution in [0.3, 0.4) is 0 Å². The molecule has 0 saturated carbocycles. The molecule has 192 valence electrons. The highest BCUT2D eigenvalue weighted by atomic mass is 79.9. The second-order valence-corrected chi connectivity index (χ2v) is 10.8. The SMILES string of the molecule is COc1ccc(OC)c([C@@H](C)NC(=O)CN(c2ccc(C)cc2)S(=O)(=O)c2ccc(OC)c(Br)c2)c1. The van der Waals surface area contributed by atoms with E-state index in [9.17, 15) is 13.2 Å². The molecule has 0 saturated heterocycles. The van der Waals surface area contributed by atoms with Crippen LogP contribution in [0.1, 0.15) is 24.1 Å². The number of hydrogen-bond donors (Lipinski definition) is 1. The zero-order chi connectivity index (χ0) is 26.5. The third-order valence-corrected chi connectivity index (χ3v) is 7.99. The Balaban J connectivity index is 1.93. The zero-order valence-electron chi connectivity index (χ0n) is 20.7. The number of carbonyl (C=O) groups excluding carboxylic acids is 1. The van der Waals surface area contributed by atoms with Crippen molar-refractivity contribution in [3.8, 4) is 17.2 Å². The quantitative estimate of drug-likeness (QED) is 0.370. The number of ether oxygens (including phenoxy) is 3. The molecule has 0 spiro atoms. The van der Waals surface area contributed by atoms with Crippen LogP contribution in [-0.4, -0.2) is 42.2 Å². The molecule has 1 amide bonds. The van der Waals surface area contributed by atoms with Crippen LogP contribution >= 0.6 is 15.9 Å². The van der Waals surface area contributed by atoms with E-state index in [-0.39, 0.29) is 4.90 Å². The van der Waals surface area contributed by atoms with Crippen molar-refractivity contribution in [1.29, 1.82) is 0 Å². The number of nitrogens with one attached hydrogen (secondary N) is 1. The van der Waals surface area contributed by atoms with Crippen LogP contribution in [0.15, 0.2) is 70.0 Å². The molecule has 0 aliphatic rings. The molecule has 0 bridgehead atoms. The number of carbonyl (C=O) groups is 1. The van der Waals surface area contributed by atoms with Gasteiger partial charge in [-0.3, -0.25) is 9.10 Å². The standard InChI is InChI=1S/C26H29BrN2O6S/c1-17-6-8-19(9-7-17)29(36(31,32)21-11-13-25(35-5)23(27)15-21)16-26(30)28-18(2)22-14-20(33-3)10-12-24(22)34-4/h6-15,18H,16H2,1-5H3,(H,28,30)/t18-/m1/s1. The highest BCUT2D eigenvalue weighted by Crippen LogP contribution is 2.32. The summed E-state index contributed by atoms with van der Waals surface area (Å²) in [6, 6.07) is 16.2. The summed E-state index contributed by atoms with van der Waals surface area (Å²) in [7, 11) is 0.497. The Morgan fingerprint density at radius 3 is 2.17 bits per heavy atom. The monoisotopic (exact) mass is 576 g/mol.